The number of carbonyl (C=O) groups excluding carboxylic acids is 1. The predicted molar refractivity (Wildman–Crippen MR) is 91.6 cm³/mol. The molecule has 0 aromatic heterocycles. The molecule has 2 aromatic carbocycles. The average Bonchev–Trinajstić information content (AvgIpc) is 2.60. The SMILES string of the molecule is COC(=O)C1=C(CBr)N(c2ccccc2)c2ccccc2C1. The molecule has 1 aliphatic heterocycles. The van der Waals surface area contributed by atoms with E-state index in [0.29, 0.717) is 17.3 Å². The lowest BCUT2D eigenvalue weighted by molar-refractivity contribution is -0.136. The van der Waals surface area contributed by atoms with Gasteiger partial charge < -0.3 is 9.64 Å². The van der Waals surface area contributed by atoms with Crippen LogP contribution in [0.15, 0.2) is 65.9 Å². The number of alkyl halides is 1. The van der Waals surface area contributed by atoms with Gasteiger partial charge in [0.15, 0.2) is 0 Å². The number of halogens is 1. The Bertz CT molecular complexity index is 725. The highest BCUT2D eigenvalue weighted by atomic mass is 79.9. The van der Waals surface area contributed by atoms with Crippen molar-refractivity contribution in [1.29, 1.82) is 0 Å². The maximum atomic E-state index is 12.2. The van der Waals surface area contributed by atoms with E-state index in [1.807, 2.05) is 42.5 Å². The predicted octanol–water partition coefficient (Wildman–Crippen LogP) is 4.20. The van der Waals surface area contributed by atoms with Crippen LogP contribution in [-0.2, 0) is 16.0 Å². The lowest BCUT2D eigenvalue weighted by atomic mass is 9.95. The van der Waals surface area contributed by atoms with Crippen molar-refractivity contribution in [3.8, 4) is 0 Å². The molecule has 0 atom stereocenters. The number of nitrogens with zero attached hydrogens (tertiary/aromatic N) is 1. The number of rotatable bonds is 3. The number of anilines is 2. The van der Waals surface area contributed by atoms with E-state index in [4.69, 9.17) is 4.74 Å². The van der Waals surface area contributed by atoms with E-state index in [-0.39, 0.29) is 5.97 Å². The third-order valence-corrected chi connectivity index (χ3v) is 4.32. The maximum absolute atomic E-state index is 12.2. The number of ether oxygens (including phenoxy) is 1. The number of esters is 1. The van der Waals surface area contributed by atoms with Crippen LogP contribution in [0.3, 0.4) is 0 Å². The van der Waals surface area contributed by atoms with Crippen molar-refractivity contribution in [1.82, 2.24) is 0 Å². The molecule has 0 saturated heterocycles. The number of fused-ring (bicyclic) bond motifs is 1. The summed E-state index contributed by atoms with van der Waals surface area (Å²) in [6, 6.07) is 18.2. The van der Waals surface area contributed by atoms with Crippen LogP contribution in [-0.4, -0.2) is 18.4 Å². The molecule has 1 aliphatic rings. The second-order valence-corrected chi connectivity index (χ2v) is 5.59. The molecule has 2 aromatic rings. The molecule has 4 heteroatoms. The minimum Gasteiger partial charge on any atom is -0.466 e. The van der Waals surface area contributed by atoms with E-state index in [1.54, 1.807) is 0 Å². The molecule has 3 rings (SSSR count). The maximum Gasteiger partial charge on any atom is 0.335 e. The van der Waals surface area contributed by atoms with Gasteiger partial charge in [0.1, 0.15) is 0 Å². The molecule has 0 radical (unpaired) electrons. The fourth-order valence-corrected chi connectivity index (χ4v) is 3.37. The highest BCUT2D eigenvalue weighted by molar-refractivity contribution is 9.09. The topological polar surface area (TPSA) is 29.5 Å². The number of carbonyl (C=O) groups is 1. The minimum absolute atomic E-state index is 0.273. The van der Waals surface area contributed by atoms with Gasteiger partial charge in [0.05, 0.1) is 12.7 Å². The van der Waals surface area contributed by atoms with Gasteiger partial charge in [-0.25, -0.2) is 4.79 Å². The molecule has 0 bridgehead atoms. The summed E-state index contributed by atoms with van der Waals surface area (Å²) in [5.41, 5.74) is 4.89. The van der Waals surface area contributed by atoms with Gasteiger partial charge in [-0.2, -0.15) is 0 Å². The zero-order valence-electron chi connectivity index (χ0n) is 12.3. The van der Waals surface area contributed by atoms with E-state index in [1.165, 1.54) is 7.11 Å². The molecule has 112 valence electrons. The first-order valence-corrected chi connectivity index (χ1v) is 8.17. The van der Waals surface area contributed by atoms with Gasteiger partial charge >= 0.3 is 5.97 Å². The summed E-state index contributed by atoms with van der Waals surface area (Å²) < 4.78 is 4.98. The van der Waals surface area contributed by atoms with Crippen LogP contribution in [0.5, 0.6) is 0 Å². The van der Waals surface area contributed by atoms with Crippen molar-refractivity contribution in [3.63, 3.8) is 0 Å². The van der Waals surface area contributed by atoms with Crippen molar-refractivity contribution in [3.05, 3.63) is 71.4 Å². The molecule has 0 aliphatic carbocycles. The normalized spacial score (nSPS) is 13.8. The Labute approximate surface area is 138 Å². The van der Waals surface area contributed by atoms with Crippen molar-refractivity contribution in [2.45, 2.75) is 6.42 Å². The third kappa shape index (κ3) is 2.55. The van der Waals surface area contributed by atoms with Gasteiger partial charge in [0.2, 0.25) is 0 Å². The van der Waals surface area contributed by atoms with Gasteiger partial charge in [-0.15, -0.1) is 0 Å². The molecule has 0 amide bonds. The van der Waals surface area contributed by atoms with Crippen molar-refractivity contribution >= 4 is 33.3 Å². The summed E-state index contributed by atoms with van der Waals surface area (Å²) in [5.74, 6) is -0.273. The molecular weight excluding hydrogens is 342 g/mol. The van der Waals surface area contributed by atoms with Crippen molar-refractivity contribution in [2.75, 3.05) is 17.3 Å². The summed E-state index contributed by atoms with van der Waals surface area (Å²) in [5, 5.41) is 0.584. The molecule has 0 spiro atoms. The second-order valence-electron chi connectivity index (χ2n) is 5.03. The number of allylic oxidation sites excluding steroid dienone is 1. The fourth-order valence-electron chi connectivity index (χ4n) is 2.78. The zero-order valence-corrected chi connectivity index (χ0v) is 13.8. The van der Waals surface area contributed by atoms with Gasteiger partial charge in [-0.05, 0) is 23.8 Å². The summed E-state index contributed by atoms with van der Waals surface area (Å²) in [4.78, 5) is 14.3. The van der Waals surface area contributed by atoms with Crippen LogP contribution in [0.25, 0.3) is 0 Å². The Kier molecular flexibility index (Phi) is 4.29. The van der Waals surface area contributed by atoms with Crippen LogP contribution < -0.4 is 4.90 Å². The average molecular weight is 358 g/mol. The summed E-state index contributed by atoms with van der Waals surface area (Å²) >= 11 is 3.53. The molecule has 3 nitrogen and oxygen atoms in total. The van der Waals surface area contributed by atoms with E-state index >= 15 is 0 Å². The molecule has 0 saturated carbocycles. The van der Waals surface area contributed by atoms with E-state index in [9.17, 15) is 4.79 Å². The number of para-hydroxylation sites is 2. The molecule has 0 unspecified atom stereocenters. The first kappa shape index (κ1) is 14.9. The standard InChI is InChI=1S/C18H16BrNO2/c1-22-18(21)15-11-13-7-5-6-10-16(13)20(17(15)12-19)14-8-3-2-4-9-14/h2-10H,11-12H2,1H3. The van der Waals surface area contributed by atoms with Crippen LogP contribution in [0, 0.1) is 0 Å². The quantitative estimate of drug-likeness (QED) is 0.608. The van der Waals surface area contributed by atoms with Gasteiger partial charge in [-0.3, -0.25) is 0 Å². The van der Waals surface area contributed by atoms with E-state index in [0.717, 1.165) is 22.6 Å². The summed E-state index contributed by atoms with van der Waals surface area (Å²) in [7, 11) is 1.43. The van der Waals surface area contributed by atoms with Crippen LogP contribution >= 0.6 is 15.9 Å². The number of hydrogen-bond acceptors (Lipinski definition) is 3. The second kappa shape index (κ2) is 6.36. The monoisotopic (exact) mass is 357 g/mol. The third-order valence-electron chi connectivity index (χ3n) is 3.79. The number of hydrogen-bond donors (Lipinski definition) is 0. The Balaban J connectivity index is 2.22. The molecule has 0 fully saturated rings. The first-order valence-electron chi connectivity index (χ1n) is 7.05. The zero-order chi connectivity index (χ0) is 15.5. The largest absolute Gasteiger partial charge is 0.466 e. The fraction of sp³-hybridized carbons (Fsp3) is 0.167. The lowest BCUT2D eigenvalue weighted by Crippen LogP contribution is -2.28. The van der Waals surface area contributed by atoms with Gasteiger partial charge in [-0.1, -0.05) is 52.3 Å². The highest BCUT2D eigenvalue weighted by Crippen LogP contribution is 2.39. The van der Waals surface area contributed by atoms with Crippen molar-refractivity contribution in [2.24, 2.45) is 0 Å². The van der Waals surface area contributed by atoms with Crippen LogP contribution in [0.2, 0.25) is 0 Å². The van der Waals surface area contributed by atoms with Crippen molar-refractivity contribution < 1.29 is 9.53 Å². The minimum atomic E-state index is -0.273. The molecular formula is C18H16BrNO2. The van der Waals surface area contributed by atoms with Crippen LogP contribution in [0.4, 0.5) is 11.4 Å². The Morgan fingerprint density at radius 3 is 2.50 bits per heavy atom. The van der Waals surface area contributed by atoms with E-state index in [2.05, 4.69) is 33.0 Å². The Hall–Kier alpha value is -2.07. The number of methoxy groups -OCH3 is 1. The highest BCUT2D eigenvalue weighted by Gasteiger charge is 2.29. The van der Waals surface area contributed by atoms with E-state index < -0.39 is 0 Å². The Morgan fingerprint density at radius 2 is 1.82 bits per heavy atom. The lowest BCUT2D eigenvalue weighted by Gasteiger charge is -2.34. The van der Waals surface area contributed by atoms with Gasteiger partial charge in [0, 0.05) is 28.8 Å². The van der Waals surface area contributed by atoms with Crippen LogP contribution in [0.1, 0.15) is 5.56 Å². The molecule has 1 heterocycles. The summed E-state index contributed by atoms with van der Waals surface area (Å²) in [6.07, 6.45) is 0.590. The smallest absolute Gasteiger partial charge is 0.335 e. The number of benzene rings is 2. The Morgan fingerprint density at radius 1 is 1.14 bits per heavy atom. The molecule has 0 N–H and O–H groups in total. The van der Waals surface area contributed by atoms with Gasteiger partial charge in [0.25, 0.3) is 0 Å². The first-order chi connectivity index (χ1) is 10.8. The summed E-state index contributed by atoms with van der Waals surface area (Å²) in [6.45, 7) is 0. The molecule has 22 heavy (non-hydrogen) atoms.